The van der Waals surface area contributed by atoms with E-state index in [1.807, 2.05) is 19.2 Å². The van der Waals surface area contributed by atoms with E-state index in [-0.39, 0.29) is 41.7 Å². The molecule has 0 unspecified atom stereocenters. The summed E-state index contributed by atoms with van der Waals surface area (Å²) in [7, 11) is 0. The smallest absolute Gasteiger partial charge is 0.387 e. The van der Waals surface area contributed by atoms with E-state index in [2.05, 4.69) is 9.88 Å². The monoisotopic (exact) mass is 445 g/mol. The van der Waals surface area contributed by atoms with Crippen molar-refractivity contribution in [1.82, 2.24) is 14.5 Å². The number of pyridine rings is 1. The number of carbonyl (C=O) groups is 1. The number of aromatic nitrogens is 2. The molecule has 32 heavy (non-hydrogen) atoms. The van der Waals surface area contributed by atoms with Crippen LogP contribution in [0.25, 0.3) is 22.0 Å². The number of nitrogens with one attached hydrogen (secondary N) is 1. The summed E-state index contributed by atoms with van der Waals surface area (Å²) < 4.78 is 35.6. The summed E-state index contributed by atoms with van der Waals surface area (Å²) in [5, 5.41) is 12.9. The molecular formula is C23H25F2N3O4. The number of carboxylic acid groups (broad SMARTS) is 1. The van der Waals surface area contributed by atoms with Crippen LogP contribution in [0.3, 0.4) is 0 Å². The van der Waals surface area contributed by atoms with E-state index in [0.717, 1.165) is 31.6 Å². The predicted molar refractivity (Wildman–Crippen MR) is 117 cm³/mol. The number of nitrogens with zero attached hydrogens (tertiary/aromatic N) is 2. The van der Waals surface area contributed by atoms with Crippen molar-refractivity contribution >= 4 is 16.9 Å². The fourth-order valence-electron chi connectivity index (χ4n) is 4.39. The van der Waals surface area contributed by atoms with Gasteiger partial charge in [-0.05, 0) is 38.0 Å². The summed E-state index contributed by atoms with van der Waals surface area (Å²) in [6.07, 6.45) is 4.71. The van der Waals surface area contributed by atoms with Gasteiger partial charge in [0.05, 0.1) is 10.9 Å². The molecule has 0 saturated heterocycles. The van der Waals surface area contributed by atoms with Gasteiger partial charge in [0, 0.05) is 54.4 Å². The van der Waals surface area contributed by atoms with E-state index in [4.69, 9.17) is 4.74 Å². The minimum atomic E-state index is -3.09. The van der Waals surface area contributed by atoms with Crippen LogP contribution in [0.2, 0.25) is 0 Å². The predicted octanol–water partition coefficient (Wildman–Crippen LogP) is 4.40. The lowest BCUT2D eigenvalue weighted by atomic mass is 10.0. The maximum atomic E-state index is 13.5. The summed E-state index contributed by atoms with van der Waals surface area (Å²) in [4.78, 5) is 24.4. The lowest BCUT2D eigenvalue weighted by Gasteiger charge is -2.22. The molecule has 0 radical (unpaired) electrons. The fraction of sp³-hybridized carbons (Fsp3) is 0.391. The highest BCUT2D eigenvalue weighted by atomic mass is 19.3. The SMILES string of the molecule is C.C[C@H]1NCCn2cc(-c3ccc4c(=O)c(C(=O)O)cn(C5CC5)c4c3OC(F)F)cc21. The van der Waals surface area contributed by atoms with Gasteiger partial charge in [-0.1, -0.05) is 7.43 Å². The van der Waals surface area contributed by atoms with Gasteiger partial charge in [-0.25, -0.2) is 4.79 Å². The number of alkyl halides is 2. The fourth-order valence-corrected chi connectivity index (χ4v) is 4.39. The molecule has 1 aliphatic carbocycles. The Balaban J connectivity index is 0.00000245. The van der Waals surface area contributed by atoms with Gasteiger partial charge in [0.2, 0.25) is 5.43 Å². The van der Waals surface area contributed by atoms with Crippen LogP contribution in [0, 0.1) is 0 Å². The molecule has 9 heteroatoms. The first-order chi connectivity index (χ1) is 14.8. The number of fused-ring (bicyclic) bond motifs is 2. The molecule has 3 heterocycles. The zero-order valence-corrected chi connectivity index (χ0v) is 16.8. The lowest BCUT2D eigenvalue weighted by molar-refractivity contribution is -0.0486. The average molecular weight is 445 g/mol. The third-order valence-electron chi connectivity index (χ3n) is 6.01. The van der Waals surface area contributed by atoms with Crippen LogP contribution in [0.5, 0.6) is 5.75 Å². The van der Waals surface area contributed by atoms with Gasteiger partial charge < -0.3 is 24.3 Å². The summed E-state index contributed by atoms with van der Waals surface area (Å²) in [5.74, 6) is -1.44. The van der Waals surface area contributed by atoms with Gasteiger partial charge in [-0.15, -0.1) is 0 Å². The molecule has 1 atom stereocenters. The standard InChI is InChI=1S/C22H21F2N3O4.CH4/c1-11-17-8-12(9-26(17)7-6-25-11)14-4-5-15-18(20(14)31-22(23)24)27(13-2-3-13)10-16(19(15)28)21(29)30;/h4-5,8-11,13,22,25H,2-3,6-7H2,1H3,(H,29,30);1H4/t11-;/m1./s1. The Morgan fingerprint density at radius 3 is 2.66 bits per heavy atom. The van der Waals surface area contributed by atoms with Crippen LogP contribution in [-0.4, -0.2) is 33.4 Å². The Labute approximate surface area is 183 Å². The van der Waals surface area contributed by atoms with Crippen LogP contribution in [0.4, 0.5) is 8.78 Å². The quantitative estimate of drug-likeness (QED) is 0.608. The zero-order valence-electron chi connectivity index (χ0n) is 16.8. The number of hydrogen-bond donors (Lipinski definition) is 2. The molecule has 0 amide bonds. The molecule has 1 fully saturated rings. The average Bonchev–Trinajstić information content (AvgIpc) is 3.46. The highest BCUT2D eigenvalue weighted by Gasteiger charge is 2.30. The van der Waals surface area contributed by atoms with Crippen LogP contribution in [0.15, 0.2) is 35.4 Å². The van der Waals surface area contributed by atoms with Crippen molar-refractivity contribution in [1.29, 1.82) is 0 Å². The Kier molecular flexibility index (Phi) is 5.54. The van der Waals surface area contributed by atoms with Crippen LogP contribution >= 0.6 is 0 Å². The van der Waals surface area contributed by atoms with Crippen molar-refractivity contribution in [3.63, 3.8) is 0 Å². The molecule has 1 aromatic carbocycles. The Morgan fingerprint density at radius 2 is 2.03 bits per heavy atom. The van der Waals surface area contributed by atoms with Crippen molar-refractivity contribution in [3.8, 4) is 16.9 Å². The molecule has 2 aliphatic rings. The number of benzene rings is 1. The largest absolute Gasteiger partial charge is 0.477 e. The van der Waals surface area contributed by atoms with E-state index < -0.39 is 18.0 Å². The van der Waals surface area contributed by atoms with Crippen LogP contribution in [-0.2, 0) is 6.54 Å². The molecule has 2 aromatic heterocycles. The highest BCUT2D eigenvalue weighted by Crippen LogP contribution is 2.43. The van der Waals surface area contributed by atoms with Crippen molar-refractivity contribution in [2.75, 3.05) is 6.54 Å². The molecule has 1 aliphatic heterocycles. The first-order valence-electron chi connectivity index (χ1n) is 10.2. The Hall–Kier alpha value is -3.20. The number of hydrogen-bond acceptors (Lipinski definition) is 4. The lowest BCUT2D eigenvalue weighted by Crippen LogP contribution is -2.30. The second-order valence-corrected chi connectivity index (χ2v) is 8.06. The van der Waals surface area contributed by atoms with Gasteiger partial charge in [-0.3, -0.25) is 4.79 Å². The molecule has 2 N–H and O–H groups in total. The van der Waals surface area contributed by atoms with E-state index in [1.54, 1.807) is 10.6 Å². The molecular weight excluding hydrogens is 420 g/mol. The van der Waals surface area contributed by atoms with Crippen LogP contribution in [0.1, 0.15) is 55.3 Å². The minimum absolute atomic E-state index is 0. The van der Waals surface area contributed by atoms with Crippen molar-refractivity contribution in [2.45, 2.75) is 52.4 Å². The molecule has 0 spiro atoms. The first kappa shape index (κ1) is 22.0. The number of aromatic carboxylic acids is 1. The number of halogens is 2. The third-order valence-corrected chi connectivity index (χ3v) is 6.01. The number of rotatable bonds is 5. The molecule has 5 rings (SSSR count). The molecule has 170 valence electrons. The summed E-state index contributed by atoms with van der Waals surface area (Å²) >= 11 is 0. The summed E-state index contributed by atoms with van der Waals surface area (Å²) in [6, 6.07) is 5.06. The normalized spacial score (nSPS) is 17.8. The third kappa shape index (κ3) is 3.56. The topological polar surface area (TPSA) is 85.5 Å². The van der Waals surface area contributed by atoms with Gasteiger partial charge in [0.15, 0.2) is 5.75 Å². The van der Waals surface area contributed by atoms with Gasteiger partial charge >= 0.3 is 12.6 Å². The maximum Gasteiger partial charge on any atom is 0.387 e. The van der Waals surface area contributed by atoms with Crippen molar-refractivity contribution < 1.29 is 23.4 Å². The maximum absolute atomic E-state index is 13.5. The number of carboxylic acids is 1. The summed E-state index contributed by atoms with van der Waals surface area (Å²) in [5.41, 5.74) is 1.31. The highest BCUT2D eigenvalue weighted by molar-refractivity contribution is 5.97. The van der Waals surface area contributed by atoms with E-state index >= 15 is 0 Å². The van der Waals surface area contributed by atoms with E-state index in [0.29, 0.717) is 11.1 Å². The van der Waals surface area contributed by atoms with Crippen molar-refractivity contribution in [3.05, 3.63) is 52.1 Å². The number of ether oxygens (including phenoxy) is 1. The molecule has 3 aromatic rings. The van der Waals surface area contributed by atoms with Gasteiger partial charge in [0.1, 0.15) is 5.56 Å². The van der Waals surface area contributed by atoms with E-state index in [9.17, 15) is 23.5 Å². The Bertz CT molecular complexity index is 1260. The Morgan fingerprint density at radius 1 is 1.28 bits per heavy atom. The van der Waals surface area contributed by atoms with Gasteiger partial charge in [0.25, 0.3) is 0 Å². The first-order valence-corrected chi connectivity index (χ1v) is 10.2. The second kappa shape index (κ2) is 8.05. The molecule has 7 nitrogen and oxygen atoms in total. The molecule has 1 saturated carbocycles. The minimum Gasteiger partial charge on any atom is -0.477 e. The van der Waals surface area contributed by atoms with Gasteiger partial charge in [-0.2, -0.15) is 8.78 Å². The zero-order chi connectivity index (χ0) is 21.9. The van der Waals surface area contributed by atoms with Crippen LogP contribution < -0.4 is 15.5 Å². The second-order valence-electron chi connectivity index (χ2n) is 8.06. The van der Waals surface area contributed by atoms with Crippen molar-refractivity contribution in [2.24, 2.45) is 0 Å². The van der Waals surface area contributed by atoms with E-state index in [1.165, 1.54) is 12.3 Å². The summed E-state index contributed by atoms with van der Waals surface area (Å²) in [6.45, 7) is 0.500. The molecule has 0 bridgehead atoms.